The topological polar surface area (TPSA) is 66.9 Å². The van der Waals surface area contributed by atoms with Gasteiger partial charge in [-0.1, -0.05) is 17.7 Å². The van der Waals surface area contributed by atoms with Gasteiger partial charge in [0.2, 0.25) is 5.91 Å². The third-order valence-corrected chi connectivity index (χ3v) is 3.76. The van der Waals surface area contributed by atoms with Crippen molar-refractivity contribution in [2.45, 2.75) is 33.7 Å². The minimum absolute atomic E-state index is 0.148. The van der Waals surface area contributed by atoms with Gasteiger partial charge in [0.25, 0.3) is 0 Å². The molecule has 6 heteroatoms. The lowest BCUT2D eigenvalue weighted by Gasteiger charge is -2.09. The van der Waals surface area contributed by atoms with Crippen LogP contribution in [-0.2, 0) is 11.3 Å². The van der Waals surface area contributed by atoms with Crippen LogP contribution in [0.3, 0.4) is 0 Å². The van der Waals surface area contributed by atoms with Crippen LogP contribution >= 0.6 is 11.6 Å². The van der Waals surface area contributed by atoms with Gasteiger partial charge >= 0.3 is 5.69 Å². The summed E-state index contributed by atoms with van der Waals surface area (Å²) in [6.45, 7) is 5.94. The molecule has 112 valence electrons. The molecule has 0 aliphatic heterocycles. The molecular formula is C15H18ClN3O2. The first-order valence-electron chi connectivity index (χ1n) is 6.70. The Bertz CT molecular complexity index is 731. The Balaban J connectivity index is 2.02. The van der Waals surface area contributed by atoms with Crippen molar-refractivity contribution in [3.8, 4) is 0 Å². The van der Waals surface area contributed by atoms with Crippen molar-refractivity contribution in [1.82, 2.24) is 9.55 Å². The van der Waals surface area contributed by atoms with E-state index in [9.17, 15) is 9.59 Å². The number of aromatic nitrogens is 2. The van der Waals surface area contributed by atoms with E-state index in [1.165, 1.54) is 0 Å². The minimum Gasteiger partial charge on any atom is -0.326 e. The highest BCUT2D eigenvalue weighted by Crippen LogP contribution is 2.20. The number of amides is 1. The van der Waals surface area contributed by atoms with Gasteiger partial charge in [0.05, 0.1) is 0 Å². The van der Waals surface area contributed by atoms with Crippen LogP contribution < -0.4 is 11.0 Å². The molecule has 2 N–H and O–H groups in total. The van der Waals surface area contributed by atoms with Crippen molar-refractivity contribution in [2.24, 2.45) is 0 Å². The van der Waals surface area contributed by atoms with E-state index in [2.05, 4.69) is 10.3 Å². The average molecular weight is 308 g/mol. The van der Waals surface area contributed by atoms with Gasteiger partial charge < -0.3 is 10.3 Å². The molecule has 0 bridgehead atoms. The van der Waals surface area contributed by atoms with E-state index >= 15 is 0 Å². The Morgan fingerprint density at radius 2 is 2.05 bits per heavy atom. The zero-order valence-corrected chi connectivity index (χ0v) is 13.0. The van der Waals surface area contributed by atoms with Crippen molar-refractivity contribution in [3.05, 3.63) is 50.7 Å². The second kappa shape index (κ2) is 6.18. The van der Waals surface area contributed by atoms with Gasteiger partial charge in [-0.05, 0) is 38.5 Å². The maximum Gasteiger partial charge on any atom is 0.325 e. The van der Waals surface area contributed by atoms with E-state index in [0.717, 1.165) is 17.0 Å². The van der Waals surface area contributed by atoms with Crippen LogP contribution in [0.2, 0.25) is 5.02 Å². The molecule has 2 rings (SSSR count). The highest BCUT2D eigenvalue weighted by atomic mass is 35.5. The van der Waals surface area contributed by atoms with Crippen molar-refractivity contribution in [3.63, 3.8) is 0 Å². The number of carbonyl (C=O) groups excluding carboxylic acids is 1. The third kappa shape index (κ3) is 3.55. The molecule has 5 nitrogen and oxygen atoms in total. The number of imidazole rings is 1. The zero-order valence-electron chi connectivity index (χ0n) is 12.3. The summed E-state index contributed by atoms with van der Waals surface area (Å²) in [6.07, 6.45) is 0.226. The summed E-state index contributed by atoms with van der Waals surface area (Å²) in [4.78, 5) is 26.4. The number of hydrogen-bond donors (Lipinski definition) is 2. The van der Waals surface area contributed by atoms with E-state index in [4.69, 9.17) is 11.6 Å². The molecular weight excluding hydrogens is 290 g/mol. The first-order chi connectivity index (χ1) is 9.88. The number of H-pyrrole nitrogens is 1. The Morgan fingerprint density at radius 1 is 1.33 bits per heavy atom. The van der Waals surface area contributed by atoms with Crippen LogP contribution in [0.5, 0.6) is 0 Å². The van der Waals surface area contributed by atoms with Crippen molar-refractivity contribution in [1.29, 1.82) is 0 Å². The van der Waals surface area contributed by atoms with E-state index in [1.54, 1.807) is 16.7 Å². The molecule has 0 aliphatic carbocycles. The Kier molecular flexibility index (Phi) is 4.53. The number of hydrogen-bond acceptors (Lipinski definition) is 2. The predicted molar refractivity (Wildman–Crippen MR) is 84.0 cm³/mol. The monoisotopic (exact) mass is 307 g/mol. The molecule has 0 fully saturated rings. The summed E-state index contributed by atoms with van der Waals surface area (Å²) in [5.41, 5.74) is 3.13. The van der Waals surface area contributed by atoms with Crippen LogP contribution in [0.1, 0.15) is 23.4 Å². The smallest absolute Gasteiger partial charge is 0.325 e. The van der Waals surface area contributed by atoms with E-state index in [1.807, 2.05) is 26.8 Å². The lowest BCUT2D eigenvalue weighted by Crippen LogP contribution is -2.22. The summed E-state index contributed by atoms with van der Waals surface area (Å²) < 4.78 is 1.57. The minimum atomic E-state index is -0.184. The summed E-state index contributed by atoms with van der Waals surface area (Å²) in [5.74, 6) is -0.148. The summed E-state index contributed by atoms with van der Waals surface area (Å²) in [6, 6.07) is 5.34. The summed E-state index contributed by atoms with van der Waals surface area (Å²) >= 11 is 5.92. The van der Waals surface area contributed by atoms with Crippen molar-refractivity contribution >= 4 is 23.2 Å². The van der Waals surface area contributed by atoms with Gasteiger partial charge in [-0.15, -0.1) is 0 Å². The highest BCUT2D eigenvalue weighted by molar-refractivity contribution is 6.31. The Hall–Kier alpha value is -2.01. The fourth-order valence-corrected chi connectivity index (χ4v) is 2.27. The maximum atomic E-state index is 12.0. The molecule has 2 aromatic rings. The van der Waals surface area contributed by atoms with Crippen LogP contribution in [-0.4, -0.2) is 15.5 Å². The molecule has 0 radical (unpaired) electrons. The molecule has 1 heterocycles. The van der Waals surface area contributed by atoms with Gasteiger partial charge in [-0.2, -0.15) is 0 Å². The van der Waals surface area contributed by atoms with Crippen LogP contribution in [0.4, 0.5) is 5.69 Å². The SMILES string of the molecule is Cc1ccc(Cl)cc1NC(=O)CCn1c(C)c(C)[nH]c1=O. The second-order valence-corrected chi connectivity index (χ2v) is 5.49. The van der Waals surface area contributed by atoms with Crippen molar-refractivity contribution < 1.29 is 4.79 Å². The number of benzene rings is 1. The Labute approximate surface area is 127 Å². The standard InChI is InChI=1S/C15H18ClN3O2/c1-9-4-5-12(16)8-13(9)18-14(20)6-7-19-11(3)10(2)17-15(19)21/h4-5,8H,6-7H2,1-3H3,(H,17,21)(H,18,20). The Morgan fingerprint density at radius 3 is 2.67 bits per heavy atom. The fourth-order valence-electron chi connectivity index (χ4n) is 2.10. The largest absolute Gasteiger partial charge is 0.326 e. The molecule has 0 unspecified atom stereocenters. The number of rotatable bonds is 4. The van der Waals surface area contributed by atoms with Gasteiger partial charge in [-0.25, -0.2) is 4.79 Å². The normalized spacial score (nSPS) is 10.7. The van der Waals surface area contributed by atoms with Crippen LogP contribution in [0, 0.1) is 20.8 Å². The second-order valence-electron chi connectivity index (χ2n) is 5.05. The molecule has 0 saturated carbocycles. The number of carbonyl (C=O) groups is 1. The molecule has 1 aromatic heterocycles. The van der Waals surface area contributed by atoms with Gasteiger partial charge in [0, 0.05) is 35.1 Å². The maximum absolute atomic E-state index is 12.0. The molecule has 0 aliphatic rings. The van der Waals surface area contributed by atoms with Crippen LogP contribution in [0.25, 0.3) is 0 Å². The summed E-state index contributed by atoms with van der Waals surface area (Å²) in [7, 11) is 0. The lowest BCUT2D eigenvalue weighted by atomic mass is 10.2. The molecule has 0 saturated heterocycles. The average Bonchev–Trinajstić information content (AvgIpc) is 2.66. The fraction of sp³-hybridized carbons (Fsp3) is 0.333. The first kappa shape index (κ1) is 15.4. The number of halogens is 1. The highest BCUT2D eigenvalue weighted by Gasteiger charge is 2.10. The van der Waals surface area contributed by atoms with E-state index in [-0.39, 0.29) is 18.0 Å². The number of nitrogens with one attached hydrogen (secondary N) is 2. The van der Waals surface area contributed by atoms with Gasteiger partial charge in [0.15, 0.2) is 0 Å². The first-order valence-corrected chi connectivity index (χ1v) is 7.08. The number of nitrogens with zero attached hydrogens (tertiary/aromatic N) is 1. The van der Waals surface area contributed by atoms with Gasteiger partial charge in [0.1, 0.15) is 0 Å². The molecule has 1 amide bonds. The van der Waals surface area contributed by atoms with Gasteiger partial charge in [-0.3, -0.25) is 9.36 Å². The zero-order chi connectivity index (χ0) is 15.6. The summed E-state index contributed by atoms with van der Waals surface area (Å²) in [5, 5.41) is 3.39. The molecule has 0 atom stereocenters. The molecule has 21 heavy (non-hydrogen) atoms. The molecule has 0 spiro atoms. The van der Waals surface area contributed by atoms with E-state index < -0.39 is 0 Å². The van der Waals surface area contributed by atoms with Crippen molar-refractivity contribution in [2.75, 3.05) is 5.32 Å². The number of anilines is 1. The molecule has 1 aromatic carbocycles. The quantitative estimate of drug-likeness (QED) is 0.912. The number of aryl methyl sites for hydroxylation is 2. The predicted octanol–water partition coefficient (Wildman–Crippen LogP) is 2.78. The third-order valence-electron chi connectivity index (χ3n) is 3.52. The van der Waals surface area contributed by atoms with E-state index in [0.29, 0.717) is 17.3 Å². The number of aromatic amines is 1. The van der Waals surface area contributed by atoms with Crippen LogP contribution in [0.15, 0.2) is 23.0 Å². The lowest BCUT2D eigenvalue weighted by molar-refractivity contribution is -0.116.